The molecule has 0 aliphatic heterocycles. The highest BCUT2D eigenvalue weighted by atomic mass is 16.3. The Morgan fingerprint density at radius 3 is 2.89 bits per heavy atom. The van der Waals surface area contributed by atoms with Crippen molar-refractivity contribution in [2.75, 3.05) is 0 Å². The monoisotopic (exact) mass is 249 g/mol. The van der Waals surface area contributed by atoms with E-state index in [4.69, 9.17) is 4.42 Å². The van der Waals surface area contributed by atoms with Crippen LogP contribution in [0.5, 0.6) is 0 Å². The van der Waals surface area contributed by atoms with Crippen molar-refractivity contribution in [3.63, 3.8) is 0 Å². The summed E-state index contributed by atoms with van der Waals surface area (Å²) in [4.78, 5) is 0. The molecule has 1 aliphatic carbocycles. The maximum atomic E-state index is 5.41. The normalized spacial score (nSPS) is 29.1. The van der Waals surface area contributed by atoms with Crippen LogP contribution in [-0.2, 0) is 6.42 Å². The molecule has 0 saturated heterocycles. The second-order valence-corrected chi connectivity index (χ2v) is 6.84. The number of hydrogen-bond donors (Lipinski definition) is 1. The lowest BCUT2D eigenvalue weighted by Crippen LogP contribution is -2.46. The van der Waals surface area contributed by atoms with Crippen LogP contribution in [0.3, 0.4) is 0 Å². The summed E-state index contributed by atoms with van der Waals surface area (Å²) in [7, 11) is 0. The minimum Gasteiger partial charge on any atom is -0.469 e. The van der Waals surface area contributed by atoms with Gasteiger partial charge in [-0.05, 0) is 49.7 Å². The Balaban J connectivity index is 1.82. The van der Waals surface area contributed by atoms with Gasteiger partial charge in [0.25, 0.3) is 0 Å². The van der Waals surface area contributed by atoms with Crippen LogP contribution >= 0.6 is 0 Å². The Hall–Kier alpha value is -0.760. The van der Waals surface area contributed by atoms with E-state index in [1.165, 1.54) is 19.3 Å². The summed E-state index contributed by atoms with van der Waals surface area (Å²) in [5, 5.41) is 3.78. The molecule has 1 aromatic rings. The smallest absolute Gasteiger partial charge is 0.105 e. The molecule has 0 aromatic carbocycles. The fourth-order valence-electron chi connectivity index (χ4n) is 3.35. The van der Waals surface area contributed by atoms with Crippen molar-refractivity contribution in [1.29, 1.82) is 0 Å². The van der Waals surface area contributed by atoms with E-state index in [0.29, 0.717) is 17.5 Å². The van der Waals surface area contributed by atoms with E-state index >= 15 is 0 Å². The van der Waals surface area contributed by atoms with Gasteiger partial charge in [-0.1, -0.05) is 20.8 Å². The molecule has 0 radical (unpaired) electrons. The Kier molecular flexibility index (Phi) is 4.16. The highest BCUT2D eigenvalue weighted by Crippen LogP contribution is 2.38. The van der Waals surface area contributed by atoms with Gasteiger partial charge in [-0.15, -0.1) is 0 Å². The number of hydrogen-bond acceptors (Lipinski definition) is 2. The molecular weight excluding hydrogens is 222 g/mol. The topological polar surface area (TPSA) is 25.2 Å². The largest absolute Gasteiger partial charge is 0.469 e. The van der Waals surface area contributed by atoms with Crippen LogP contribution < -0.4 is 5.32 Å². The van der Waals surface area contributed by atoms with E-state index in [-0.39, 0.29) is 0 Å². The van der Waals surface area contributed by atoms with Gasteiger partial charge in [-0.3, -0.25) is 0 Å². The van der Waals surface area contributed by atoms with Crippen molar-refractivity contribution < 1.29 is 4.42 Å². The van der Waals surface area contributed by atoms with Crippen LogP contribution in [0.25, 0.3) is 0 Å². The van der Waals surface area contributed by atoms with Gasteiger partial charge < -0.3 is 9.73 Å². The zero-order chi connectivity index (χ0) is 13.2. The molecule has 2 heteroatoms. The van der Waals surface area contributed by atoms with E-state index in [2.05, 4.69) is 39.1 Å². The molecule has 18 heavy (non-hydrogen) atoms. The molecule has 1 aromatic heterocycles. The van der Waals surface area contributed by atoms with E-state index in [1.807, 2.05) is 6.07 Å². The highest BCUT2D eigenvalue weighted by Gasteiger charge is 2.32. The van der Waals surface area contributed by atoms with Crippen molar-refractivity contribution in [3.05, 3.63) is 24.2 Å². The minimum atomic E-state index is 0.491. The van der Waals surface area contributed by atoms with E-state index in [9.17, 15) is 0 Å². The molecule has 0 spiro atoms. The summed E-state index contributed by atoms with van der Waals surface area (Å²) < 4.78 is 5.41. The summed E-state index contributed by atoms with van der Waals surface area (Å²) in [6.07, 6.45) is 6.71. The van der Waals surface area contributed by atoms with Crippen molar-refractivity contribution in [2.45, 2.75) is 65.5 Å². The molecule has 1 N–H and O–H groups in total. The maximum absolute atomic E-state index is 5.41. The fraction of sp³-hybridized carbons (Fsp3) is 0.750. The summed E-state index contributed by atoms with van der Waals surface area (Å²) in [5.74, 6) is 1.85. The molecule has 3 unspecified atom stereocenters. The van der Waals surface area contributed by atoms with Gasteiger partial charge in [-0.25, -0.2) is 0 Å². The second-order valence-electron chi connectivity index (χ2n) is 6.84. The van der Waals surface area contributed by atoms with Gasteiger partial charge in [0.1, 0.15) is 5.76 Å². The number of nitrogens with one attached hydrogen (secondary N) is 1. The van der Waals surface area contributed by atoms with Crippen LogP contribution in [0, 0.1) is 11.3 Å². The SMILES string of the molecule is CC(Cc1ccco1)NC1CCC(C)(C)CC1C. The minimum absolute atomic E-state index is 0.491. The Bertz CT molecular complexity index is 355. The van der Waals surface area contributed by atoms with Crippen molar-refractivity contribution in [3.8, 4) is 0 Å². The first kappa shape index (κ1) is 13.7. The predicted molar refractivity (Wildman–Crippen MR) is 75.6 cm³/mol. The lowest BCUT2D eigenvalue weighted by molar-refractivity contribution is 0.142. The molecule has 0 bridgehead atoms. The van der Waals surface area contributed by atoms with Crippen LogP contribution in [0.15, 0.2) is 22.8 Å². The van der Waals surface area contributed by atoms with Gasteiger partial charge in [-0.2, -0.15) is 0 Å². The molecule has 2 nitrogen and oxygen atoms in total. The first-order valence-corrected chi connectivity index (χ1v) is 7.25. The average molecular weight is 249 g/mol. The third-order valence-corrected chi connectivity index (χ3v) is 4.28. The highest BCUT2D eigenvalue weighted by molar-refractivity contribution is 5.00. The molecule has 1 saturated carbocycles. The second kappa shape index (κ2) is 5.48. The zero-order valence-electron chi connectivity index (χ0n) is 12.2. The van der Waals surface area contributed by atoms with E-state index < -0.39 is 0 Å². The molecule has 1 heterocycles. The zero-order valence-corrected chi connectivity index (χ0v) is 12.2. The van der Waals surface area contributed by atoms with Crippen molar-refractivity contribution in [2.24, 2.45) is 11.3 Å². The fourth-order valence-corrected chi connectivity index (χ4v) is 3.35. The number of rotatable bonds is 4. The summed E-state index contributed by atoms with van der Waals surface area (Å²) in [6, 6.07) is 5.19. The summed E-state index contributed by atoms with van der Waals surface area (Å²) >= 11 is 0. The van der Waals surface area contributed by atoms with Gasteiger partial charge in [0.05, 0.1) is 6.26 Å². The van der Waals surface area contributed by atoms with Gasteiger partial charge in [0.2, 0.25) is 0 Å². The predicted octanol–water partition coefficient (Wildman–Crippen LogP) is 4.02. The average Bonchev–Trinajstić information content (AvgIpc) is 2.74. The number of furan rings is 1. The molecule has 3 atom stereocenters. The molecule has 1 aliphatic rings. The van der Waals surface area contributed by atoms with Gasteiger partial charge in [0, 0.05) is 18.5 Å². The quantitative estimate of drug-likeness (QED) is 0.872. The molecule has 102 valence electrons. The lowest BCUT2D eigenvalue weighted by Gasteiger charge is -2.40. The summed E-state index contributed by atoms with van der Waals surface area (Å²) in [5.41, 5.74) is 0.530. The van der Waals surface area contributed by atoms with Gasteiger partial charge in [0.15, 0.2) is 0 Å². The Morgan fingerprint density at radius 1 is 1.50 bits per heavy atom. The van der Waals surface area contributed by atoms with E-state index in [0.717, 1.165) is 18.1 Å². The Labute approximate surface area is 111 Å². The standard InChI is InChI=1S/C16H27NO/c1-12-11-16(3,4)8-7-15(12)17-13(2)10-14-6-5-9-18-14/h5-6,9,12-13,15,17H,7-8,10-11H2,1-4H3. The van der Waals surface area contributed by atoms with Crippen LogP contribution in [-0.4, -0.2) is 12.1 Å². The Morgan fingerprint density at radius 2 is 2.28 bits per heavy atom. The van der Waals surface area contributed by atoms with Crippen molar-refractivity contribution >= 4 is 0 Å². The summed E-state index contributed by atoms with van der Waals surface area (Å²) in [6.45, 7) is 9.44. The van der Waals surface area contributed by atoms with Crippen LogP contribution in [0.1, 0.15) is 52.7 Å². The first-order chi connectivity index (χ1) is 8.46. The molecule has 0 amide bonds. The third-order valence-electron chi connectivity index (χ3n) is 4.28. The first-order valence-electron chi connectivity index (χ1n) is 7.25. The molecule has 2 rings (SSSR count). The van der Waals surface area contributed by atoms with E-state index in [1.54, 1.807) is 6.26 Å². The van der Waals surface area contributed by atoms with Crippen LogP contribution in [0.4, 0.5) is 0 Å². The third kappa shape index (κ3) is 3.61. The van der Waals surface area contributed by atoms with Crippen LogP contribution in [0.2, 0.25) is 0 Å². The maximum Gasteiger partial charge on any atom is 0.105 e. The van der Waals surface area contributed by atoms with Gasteiger partial charge >= 0.3 is 0 Å². The van der Waals surface area contributed by atoms with Crippen molar-refractivity contribution in [1.82, 2.24) is 5.32 Å². The lowest BCUT2D eigenvalue weighted by atomic mass is 9.70. The molecule has 1 fully saturated rings. The molecular formula is C16H27NO.